The largest absolute Gasteiger partial charge is 0.504 e. The van der Waals surface area contributed by atoms with Crippen LogP contribution in [0.15, 0.2) is 0 Å². The van der Waals surface area contributed by atoms with E-state index in [-0.39, 0.29) is 0 Å². The molecule has 0 spiro atoms. The van der Waals surface area contributed by atoms with Gasteiger partial charge in [-0.25, -0.2) is 0 Å². The van der Waals surface area contributed by atoms with Crippen LogP contribution in [0.3, 0.4) is 0 Å². The number of hydrogen-bond acceptors (Lipinski definition) is 7. The Bertz CT molecular complexity index is 530. The Hall–Kier alpha value is -2.19. The fraction of sp³-hybridized carbons (Fsp3) is 0.200. The predicted octanol–water partition coefficient (Wildman–Crippen LogP) is 0.0237. The summed E-state index contributed by atoms with van der Waals surface area (Å²) in [5.41, 5.74) is 9.36. The lowest BCUT2D eigenvalue weighted by atomic mass is 10.0. The van der Waals surface area contributed by atoms with Crippen molar-refractivity contribution in [2.75, 3.05) is 5.73 Å². The number of rotatable bonds is 4. The normalized spacial score (nSPS) is 12.1. The maximum atomic E-state index is 11.8. The standard InChI is InChI=1S/C10H11ClN2O6/c11-5-8(16)6(13)4(7(15)9(5)17)3(14)1-2(12)10(18)19/h2,15-17H,1,12-13H2,(H,18,19). The third-order valence-corrected chi connectivity index (χ3v) is 2.76. The predicted molar refractivity (Wildman–Crippen MR) is 65.4 cm³/mol. The Labute approximate surface area is 111 Å². The van der Waals surface area contributed by atoms with Crippen LogP contribution < -0.4 is 11.5 Å². The Balaban J connectivity index is 3.28. The molecule has 0 radical (unpaired) electrons. The van der Waals surface area contributed by atoms with Gasteiger partial charge in [0.25, 0.3) is 0 Å². The van der Waals surface area contributed by atoms with E-state index in [0.29, 0.717) is 0 Å². The smallest absolute Gasteiger partial charge is 0.320 e. The number of ketones is 1. The van der Waals surface area contributed by atoms with Crippen molar-refractivity contribution in [3.8, 4) is 17.2 Å². The lowest BCUT2D eigenvalue weighted by molar-refractivity contribution is -0.138. The average molecular weight is 291 g/mol. The summed E-state index contributed by atoms with van der Waals surface area (Å²) in [6.45, 7) is 0. The van der Waals surface area contributed by atoms with Gasteiger partial charge in [-0.1, -0.05) is 11.6 Å². The molecular formula is C10H11ClN2O6. The van der Waals surface area contributed by atoms with Crippen molar-refractivity contribution in [2.24, 2.45) is 5.73 Å². The van der Waals surface area contributed by atoms with Crippen molar-refractivity contribution in [3.63, 3.8) is 0 Å². The number of benzene rings is 1. The number of carbonyl (C=O) groups excluding carboxylic acids is 1. The van der Waals surface area contributed by atoms with Crippen molar-refractivity contribution in [1.29, 1.82) is 0 Å². The van der Waals surface area contributed by atoms with Gasteiger partial charge in [0, 0.05) is 6.42 Å². The number of phenolic OH excluding ortho intramolecular Hbond substituents is 3. The second-order valence-corrected chi connectivity index (χ2v) is 4.10. The minimum Gasteiger partial charge on any atom is -0.504 e. The first kappa shape index (κ1) is 14.9. The molecule has 104 valence electrons. The minimum atomic E-state index is -1.51. The van der Waals surface area contributed by atoms with Crippen LogP contribution in [-0.2, 0) is 4.79 Å². The van der Waals surface area contributed by atoms with E-state index in [9.17, 15) is 24.9 Å². The van der Waals surface area contributed by atoms with Gasteiger partial charge in [-0.15, -0.1) is 0 Å². The molecular weight excluding hydrogens is 280 g/mol. The van der Waals surface area contributed by atoms with Crippen molar-refractivity contribution in [3.05, 3.63) is 10.6 Å². The highest BCUT2D eigenvalue weighted by atomic mass is 35.5. The highest BCUT2D eigenvalue weighted by Gasteiger charge is 2.27. The third-order valence-electron chi connectivity index (χ3n) is 2.40. The van der Waals surface area contributed by atoms with Gasteiger partial charge in [0.15, 0.2) is 23.0 Å². The molecule has 1 aromatic carbocycles. The first-order valence-corrected chi connectivity index (χ1v) is 5.29. The van der Waals surface area contributed by atoms with Gasteiger partial charge in [0.2, 0.25) is 0 Å². The molecule has 0 aliphatic carbocycles. The number of nitrogen functional groups attached to an aromatic ring is 1. The number of halogens is 1. The number of phenols is 3. The van der Waals surface area contributed by atoms with Crippen LogP contribution in [0.25, 0.3) is 0 Å². The number of Topliss-reactive ketones (excluding diaryl/α,β-unsaturated/α-hetero) is 1. The lowest BCUT2D eigenvalue weighted by Crippen LogP contribution is -2.32. The summed E-state index contributed by atoms with van der Waals surface area (Å²) in [5, 5.41) is 36.4. The summed E-state index contributed by atoms with van der Waals surface area (Å²) >= 11 is 5.45. The van der Waals surface area contributed by atoms with Crippen LogP contribution >= 0.6 is 11.6 Å². The first-order chi connectivity index (χ1) is 8.68. The molecule has 8 nitrogen and oxygen atoms in total. The quantitative estimate of drug-likeness (QED) is 0.195. The van der Waals surface area contributed by atoms with Crippen molar-refractivity contribution in [2.45, 2.75) is 12.5 Å². The van der Waals surface area contributed by atoms with E-state index in [2.05, 4.69) is 0 Å². The molecule has 0 amide bonds. The summed E-state index contributed by atoms with van der Waals surface area (Å²) in [5.74, 6) is -5.03. The topological polar surface area (TPSA) is 167 Å². The number of aromatic hydroxyl groups is 3. The molecule has 1 rings (SSSR count). The average Bonchev–Trinajstić information content (AvgIpc) is 2.34. The molecule has 19 heavy (non-hydrogen) atoms. The van der Waals surface area contributed by atoms with E-state index >= 15 is 0 Å². The maximum absolute atomic E-state index is 11.8. The Morgan fingerprint density at radius 3 is 2.16 bits per heavy atom. The number of hydrogen-bond donors (Lipinski definition) is 6. The molecule has 9 heteroatoms. The van der Waals surface area contributed by atoms with Gasteiger partial charge in [0.1, 0.15) is 11.1 Å². The Morgan fingerprint density at radius 2 is 1.68 bits per heavy atom. The van der Waals surface area contributed by atoms with E-state index in [1.54, 1.807) is 0 Å². The molecule has 0 aliphatic heterocycles. The fourth-order valence-corrected chi connectivity index (χ4v) is 1.56. The van der Waals surface area contributed by atoms with Gasteiger partial charge >= 0.3 is 5.97 Å². The molecule has 1 atom stereocenters. The fourth-order valence-electron chi connectivity index (χ4n) is 1.37. The molecule has 1 unspecified atom stereocenters. The van der Waals surface area contributed by atoms with E-state index in [1.807, 2.05) is 0 Å². The van der Waals surface area contributed by atoms with Crippen LogP contribution in [-0.4, -0.2) is 38.2 Å². The van der Waals surface area contributed by atoms with Crippen molar-refractivity contribution in [1.82, 2.24) is 0 Å². The first-order valence-electron chi connectivity index (χ1n) is 4.91. The van der Waals surface area contributed by atoms with Crippen LogP contribution in [0, 0.1) is 0 Å². The number of carboxylic acid groups (broad SMARTS) is 1. The molecule has 0 aromatic heterocycles. The van der Waals surface area contributed by atoms with Gasteiger partial charge in [-0.05, 0) is 0 Å². The van der Waals surface area contributed by atoms with Crippen LogP contribution in [0.2, 0.25) is 5.02 Å². The SMILES string of the molecule is Nc1c(O)c(Cl)c(O)c(O)c1C(=O)CC(N)C(=O)O. The second kappa shape index (κ2) is 5.21. The molecule has 0 bridgehead atoms. The summed E-state index contributed by atoms with van der Waals surface area (Å²) in [6, 6.07) is -1.51. The number of carbonyl (C=O) groups is 2. The summed E-state index contributed by atoms with van der Waals surface area (Å²) in [4.78, 5) is 22.3. The van der Waals surface area contributed by atoms with Crippen molar-refractivity contribution < 1.29 is 30.0 Å². The van der Waals surface area contributed by atoms with Crippen LogP contribution in [0.1, 0.15) is 16.8 Å². The van der Waals surface area contributed by atoms with Crippen molar-refractivity contribution >= 4 is 29.0 Å². The minimum absolute atomic E-state index is 0.567. The number of anilines is 1. The molecule has 0 saturated carbocycles. The van der Waals surface area contributed by atoms with E-state index < -0.39 is 57.7 Å². The van der Waals surface area contributed by atoms with Crippen LogP contribution in [0.4, 0.5) is 5.69 Å². The summed E-state index contributed by atoms with van der Waals surface area (Å²) < 4.78 is 0. The van der Waals surface area contributed by atoms with E-state index in [0.717, 1.165) is 0 Å². The Kier molecular flexibility index (Phi) is 4.07. The third kappa shape index (κ3) is 2.64. The van der Waals surface area contributed by atoms with Gasteiger partial charge in [-0.3, -0.25) is 9.59 Å². The number of carboxylic acids is 1. The Morgan fingerprint density at radius 1 is 1.16 bits per heavy atom. The molecule has 0 heterocycles. The zero-order valence-corrected chi connectivity index (χ0v) is 10.2. The number of nitrogens with two attached hydrogens (primary N) is 2. The zero-order chi connectivity index (χ0) is 14.9. The van der Waals surface area contributed by atoms with E-state index in [1.165, 1.54) is 0 Å². The molecule has 8 N–H and O–H groups in total. The summed E-state index contributed by atoms with van der Waals surface area (Å²) in [6.07, 6.45) is -0.673. The lowest BCUT2D eigenvalue weighted by Gasteiger charge is -2.13. The molecule has 0 fully saturated rings. The van der Waals surface area contributed by atoms with Gasteiger partial charge in [-0.2, -0.15) is 0 Å². The van der Waals surface area contributed by atoms with Gasteiger partial charge in [0.05, 0.1) is 11.3 Å². The number of aliphatic carboxylic acids is 1. The highest BCUT2D eigenvalue weighted by molar-refractivity contribution is 6.34. The van der Waals surface area contributed by atoms with E-state index in [4.69, 9.17) is 28.2 Å². The monoisotopic (exact) mass is 290 g/mol. The molecule has 1 aromatic rings. The van der Waals surface area contributed by atoms with Crippen LogP contribution in [0.5, 0.6) is 17.2 Å². The maximum Gasteiger partial charge on any atom is 0.320 e. The second-order valence-electron chi connectivity index (χ2n) is 3.72. The van der Waals surface area contributed by atoms with Gasteiger partial charge < -0.3 is 31.9 Å². The molecule has 0 aliphatic rings. The summed E-state index contributed by atoms with van der Waals surface area (Å²) in [7, 11) is 0. The highest BCUT2D eigenvalue weighted by Crippen LogP contribution is 2.47. The zero-order valence-electron chi connectivity index (χ0n) is 9.42. The molecule has 0 saturated heterocycles.